The third-order valence-electron chi connectivity index (χ3n) is 2.44. The van der Waals surface area contributed by atoms with Crippen LogP contribution in [0.3, 0.4) is 0 Å². The van der Waals surface area contributed by atoms with Crippen LogP contribution in [0.25, 0.3) is 0 Å². The van der Waals surface area contributed by atoms with E-state index in [1.807, 2.05) is 0 Å². The molecule has 4 heteroatoms. The molecule has 0 spiro atoms. The summed E-state index contributed by atoms with van der Waals surface area (Å²) in [5.74, 6) is -0.229. The second-order valence-corrected chi connectivity index (χ2v) is 4.11. The molecule has 0 fully saturated rings. The van der Waals surface area contributed by atoms with Crippen LogP contribution in [0.4, 0.5) is 15.8 Å². The second kappa shape index (κ2) is 5.06. The monoisotopic (exact) mass is 250 g/mol. The fourth-order valence-electron chi connectivity index (χ4n) is 1.53. The molecule has 2 rings (SSSR count). The number of anilines is 2. The highest BCUT2D eigenvalue weighted by atomic mass is 35.5. The number of nitrogens with two attached hydrogens (primary N) is 1. The first-order valence-corrected chi connectivity index (χ1v) is 5.57. The number of nitrogens with one attached hydrogen (secondary N) is 1. The third kappa shape index (κ3) is 2.88. The molecule has 0 bridgehead atoms. The van der Waals surface area contributed by atoms with Crippen molar-refractivity contribution >= 4 is 23.0 Å². The maximum Gasteiger partial charge on any atom is 0.128 e. The lowest BCUT2D eigenvalue weighted by molar-refractivity contribution is 0.613. The zero-order valence-electron chi connectivity index (χ0n) is 9.08. The van der Waals surface area contributed by atoms with E-state index in [9.17, 15) is 4.39 Å². The fourth-order valence-corrected chi connectivity index (χ4v) is 1.71. The summed E-state index contributed by atoms with van der Waals surface area (Å²) in [6.07, 6.45) is 0. The summed E-state index contributed by atoms with van der Waals surface area (Å²) in [7, 11) is 0. The first kappa shape index (κ1) is 11.7. The standard InChI is InChI=1S/C13H12ClFN2/c14-10-5-6-13(12(16)7-10)17-8-9-3-1-2-4-11(9)15/h1-7,17H,8,16H2. The molecule has 2 aromatic rings. The number of rotatable bonds is 3. The normalized spacial score (nSPS) is 10.2. The summed E-state index contributed by atoms with van der Waals surface area (Å²) >= 11 is 5.79. The molecule has 0 aliphatic rings. The van der Waals surface area contributed by atoms with Crippen molar-refractivity contribution < 1.29 is 4.39 Å². The van der Waals surface area contributed by atoms with Gasteiger partial charge in [-0.25, -0.2) is 4.39 Å². The minimum Gasteiger partial charge on any atom is -0.397 e. The molecule has 0 aromatic heterocycles. The van der Waals surface area contributed by atoms with E-state index in [1.54, 1.807) is 36.4 Å². The van der Waals surface area contributed by atoms with E-state index >= 15 is 0 Å². The zero-order valence-corrected chi connectivity index (χ0v) is 9.84. The van der Waals surface area contributed by atoms with Crippen LogP contribution in [-0.4, -0.2) is 0 Å². The third-order valence-corrected chi connectivity index (χ3v) is 2.68. The topological polar surface area (TPSA) is 38.0 Å². The van der Waals surface area contributed by atoms with Gasteiger partial charge in [0.2, 0.25) is 0 Å². The lowest BCUT2D eigenvalue weighted by Crippen LogP contribution is -2.03. The number of hydrogen-bond donors (Lipinski definition) is 2. The molecule has 17 heavy (non-hydrogen) atoms. The zero-order chi connectivity index (χ0) is 12.3. The number of benzene rings is 2. The molecule has 0 saturated carbocycles. The van der Waals surface area contributed by atoms with E-state index in [1.165, 1.54) is 6.07 Å². The van der Waals surface area contributed by atoms with Gasteiger partial charge in [0.1, 0.15) is 5.82 Å². The molecule has 0 amide bonds. The van der Waals surface area contributed by atoms with Gasteiger partial charge in [0, 0.05) is 17.1 Å². The summed E-state index contributed by atoms with van der Waals surface area (Å²) in [6, 6.07) is 11.8. The van der Waals surface area contributed by atoms with Gasteiger partial charge in [-0.2, -0.15) is 0 Å². The van der Waals surface area contributed by atoms with Crippen LogP contribution in [0.2, 0.25) is 5.02 Å². The van der Waals surface area contributed by atoms with Crippen LogP contribution < -0.4 is 11.1 Å². The van der Waals surface area contributed by atoms with Crippen molar-refractivity contribution in [2.24, 2.45) is 0 Å². The number of nitrogen functional groups attached to an aromatic ring is 1. The Morgan fingerprint density at radius 2 is 1.94 bits per heavy atom. The molecule has 0 unspecified atom stereocenters. The molecule has 0 atom stereocenters. The van der Waals surface area contributed by atoms with Crippen molar-refractivity contribution in [3.8, 4) is 0 Å². The number of halogens is 2. The lowest BCUT2D eigenvalue weighted by atomic mass is 10.2. The van der Waals surface area contributed by atoms with Gasteiger partial charge in [-0.1, -0.05) is 29.8 Å². The Morgan fingerprint density at radius 3 is 2.65 bits per heavy atom. The summed E-state index contributed by atoms with van der Waals surface area (Å²) < 4.78 is 13.4. The SMILES string of the molecule is Nc1cc(Cl)ccc1NCc1ccccc1F. The van der Waals surface area contributed by atoms with Crippen molar-refractivity contribution in [3.05, 3.63) is 58.9 Å². The van der Waals surface area contributed by atoms with E-state index in [2.05, 4.69) is 5.32 Å². The van der Waals surface area contributed by atoms with Crippen molar-refractivity contribution in [3.63, 3.8) is 0 Å². The Kier molecular flexibility index (Phi) is 3.49. The van der Waals surface area contributed by atoms with Crippen LogP contribution in [-0.2, 0) is 6.54 Å². The maximum atomic E-state index is 13.4. The highest BCUT2D eigenvalue weighted by molar-refractivity contribution is 6.31. The molecular formula is C13H12ClFN2. The van der Waals surface area contributed by atoms with Crippen LogP contribution in [0.15, 0.2) is 42.5 Å². The van der Waals surface area contributed by atoms with Crippen LogP contribution in [0.1, 0.15) is 5.56 Å². The molecular weight excluding hydrogens is 239 g/mol. The quantitative estimate of drug-likeness (QED) is 0.816. The molecule has 88 valence electrons. The first-order chi connectivity index (χ1) is 8.16. The van der Waals surface area contributed by atoms with Crippen molar-refractivity contribution in [2.45, 2.75) is 6.54 Å². The molecule has 2 nitrogen and oxygen atoms in total. The molecule has 0 saturated heterocycles. The lowest BCUT2D eigenvalue weighted by Gasteiger charge is -2.10. The van der Waals surface area contributed by atoms with Crippen LogP contribution in [0.5, 0.6) is 0 Å². The van der Waals surface area contributed by atoms with E-state index in [4.69, 9.17) is 17.3 Å². The van der Waals surface area contributed by atoms with Gasteiger partial charge in [-0.15, -0.1) is 0 Å². The van der Waals surface area contributed by atoms with Gasteiger partial charge in [0.25, 0.3) is 0 Å². The van der Waals surface area contributed by atoms with Gasteiger partial charge < -0.3 is 11.1 Å². The maximum absolute atomic E-state index is 13.4. The summed E-state index contributed by atoms with van der Waals surface area (Å²) in [6.45, 7) is 0.387. The van der Waals surface area contributed by atoms with Gasteiger partial charge in [0.05, 0.1) is 11.4 Å². The van der Waals surface area contributed by atoms with E-state index in [0.717, 1.165) is 5.69 Å². The predicted molar refractivity (Wildman–Crippen MR) is 69.6 cm³/mol. The van der Waals surface area contributed by atoms with Gasteiger partial charge in [-0.05, 0) is 24.3 Å². The molecule has 0 radical (unpaired) electrons. The van der Waals surface area contributed by atoms with Gasteiger partial charge in [0.15, 0.2) is 0 Å². The molecule has 0 aliphatic carbocycles. The molecule has 0 aliphatic heterocycles. The van der Waals surface area contributed by atoms with E-state index in [0.29, 0.717) is 22.8 Å². The number of hydrogen-bond acceptors (Lipinski definition) is 2. The average molecular weight is 251 g/mol. The predicted octanol–water partition coefficient (Wildman–Crippen LogP) is 3.67. The van der Waals surface area contributed by atoms with Crippen molar-refractivity contribution in [2.75, 3.05) is 11.1 Å². The minimum absolute atomic E-state index is 0.229. The molecule has 2 aromatic carbocycles. The summed E-state index contributed by atoms with van der Waals surface area (Å²) in [5.41, 5.74) is 7.68. The first-order valence-electron chi connectivity index (χ1n) is 5.19. The Morgan fingerprint density at radius 1 is 1.18 bits per heavy atom. The van der Waals surface area contributed by atoms with Crippen molar-refractivity contribution in [1.29, 1.82) is 0 Å². The van der Waals surface area contributed by atoms with Crippen LogP contribution in [0, 0.1) is 5.82 Å². The largest absolute Gasteiger partial charge is 0.397 e. The smallest absolute Gasteiger partial charge is 0.128 e. The Balaban J connectivity index is 2.10. The Bertz CT molecular complexity index is 529. The summed E-state index contributed by atoms with van der Waals surface area (Å²) in [5, 5.41) is 3.66. The average Bonchev–Trinajstić information content (AvgIpc) is 2.30. The fraction of sp³-hybridized carbons (Fsp3) is 0.0769. The van der Waals surface area contributed by atoms with Crippen molar-refractivity contribution in [1.82, 2.24) is 0 Å². The molecule has 0 heterocycles. The highest BCUT2D eigenvalue weighted by Crippen LogP contribution is 2.23. The highest BCUT2D eigenvalue weighted by Gasteiger charge is 2.02. The summed E-state index contributed by atoms with van der Waals surface area (Å²) in [4.78, 5) is 0. The molecule has 3 N–H and O–H groups in total. The minimum atomic E-state index is -0.229. The van der Waals surface area contributed by atoms with Gasteiger partial charge in [-0.3, -0.25) is 0 Å². The Labute approximate surface area is 104 Å². The van der Waals surface area contributed by atoms with E-state index < -0.39 is 0 Å². The van der Waals surface area contributed by atoms with Crippen LogP contribution >= 0.6 is 11.6 Å². The van der Waals surface area contributed by atoms with Gasteiger partial charge >= 0.3 is 0 Å². The second-order valence-electron chi connectivity index (χ2n) is 3.68. The van der Waals surface area contributed by atoms with E-state index in [-0.39, 0.29) is 5.82 Å². The Hall–Kier alpha value is -1.74.